The Hall–Kier alpha value is -1.17. The first-order valence-electron chi connectivity index (χ1n) is 12.9. The molecule has 0 radical (unpaired) electrons. The van der Waals surface area contributed by atoms with Crippen LogP contribution in [0.1, 0.15) is 73.6 Å². The van der Waals surface area contributed by atoms with Crippen LogP contribution in [-0.4, -0.2) is 21.6 Å². The van der Waals surface area contributed by atoms with Crippen molar-refractivity contribution in [1.82, 2.24) is 9.78 Å². The quantitative estimate of drug-likeness (QED) is 0.520. The van der Waals surface area contributed by atoms with Crippen LogP contribution in [0.15, 0.2) is 15.5 Å². The largest absolute Gasteiger partial charge is 0.380 e. The Morgan fingerprint density at radius 2 is 1.67 bits per heavy atom. The van der Waals surface area contributed by atoms with Gasteiger partial charge < -0.3 is 5.32 Å². The maximum Gasteiger partial charge on any atom is 0.283 e. The van der Waals surface area contributed by atoms with Crippen molar-refractivity contribution in [3.05, 3.63) is 21.0 Å². The second-order valence-electron chi connectivity index (χ2n) is 13.0. The van der Waals surface area contributed by atoms with Gasteiger partial charge in [0.1, 0.15) is 11.0 Å². The van der Waals surface area contributed by atoms with E-state index in [1.807, 2.05) is 0 Å². The van der Waals surface area contributed by atoms with E-state index in [-0.39, 0.29) is 17.9 Å². The summed E-state index contributed by atoms with van der Waals surface area (Å²) in [6.07, 6.45) is 7.21. The zero-order chi connectivity index (χ0) is 23.9. The van der Waals surface area contributed by atoms with Crippen molar-refractivity contribution >= 4 is 27.4 Å². The van der Waals surface area contributed by atoms with E-state index in [0.717, 1.165) is 42.2 Å². The van der Waals surface area contributed by atoms with Gasteiger partial charge in [-0.1, -0.05) is 41.5 Å². The zero-order valence-electron chi connectivity index (χ0n) is 21.0. The van der Waals surface area contributed by atoms with E-state index in [1.165, 1.54) is 17.5 Å². The molecule has 1 N–H and O–H groups in total. The van der Waals surface area contributed by atoms with E-state index >= 15 is 0 Å². The average molecular weight is 519 g/mol. The molecule has 6 aliphatic carbocycles. The fraction of sp³-hybridized carbons (Fsp3) is 0.815. The first kappa shape index (κ1) is 23.6. The number of nitrogens with zero attached hydrogens (tertiary/aromatic N) is 2. The van der Waals surface area contributed by atoms with E-state index in [1.54, 1.807) is 6.20 Å². The topological polar surface area (TPSA) is 64.0 Å². The monoisotopic (exact) mass is 517 g/mol. The van der Waals surface area contributed by atoms with E-state index in [2.05, 4.69) is 67.9 Å². The Labute approximate surface area is 206 Å². The zero-order valence-corrected chi connectivity index (χ0v) is 22.6. The van der Waals surface area contributed by atoms with Gasteiger partial charge in [0, 0.05) is 12.5 Å². The minimum Gasteiger partial charge on any atom is -0.380 e. The lowest BCUT2D eigenvalue weighted by atomic mass is 9.43. The summed E-state index contributed by atoms with van der Waals surface area (Å²) in [5.74, 6) is 4.66. The first-order valence-corrected chi connectivity index (χ1v) is 13.7. The van der Waals surface area contributed by atoms with Crippen molar-refractivity contribution in [2.24, 2.45) is 52.3 Å². The summed E-state index contributed by atoms with van der Waals surface area (Å²) in [6.45, 7) is 14.3. The number of anilines is 1. The van der Waals surface area contributed by atoms with E-state index < -0.39 is 0 Å². The fourth-order valence-corrected chi connectivity index (χ4v) is 8.69. The molecule has 1 heterocycles. The maximum absolute atomic E-state index is 13.0. The van der Waals surface area contributed by atoms with Crippen LogP contribution in [0.5, 0.6) is 0 Å². The average Bonchev–Trinajstić information content (AvgIpc) is 2.75. The van der Waals surface area contributed by atoms with Gasteiger partial charge in [-0.3, -0.25) is 9.59 Å². The molecule has 182 valence electrons. The van der Waals surface area contributed by atoms with Crippen molar-refractivity contribution < 1.29 is 4.79 Å². The molecule has 5 nitrogen and oxygen atoms in total. The van der Waals surface area contributed by atoms with Gasteiger partial charge in [-0.25, -0.2) is 4.68 Å². The van der Waals surface area contributed by atoms with Gasteiger partial charge in [0.15, 0.2) is 5.78 Å². The Morgan fingerprint density at radius 3 is 2.24 bits per heavy atom. The molecule has 0 amide bonds. The van der Waals surface area contributed by atoms with Crippen LogP contribution < -0.4 is 10.9 Å². The molecular weight excluding hydrogens is 478 g/mol. The molecule has 6 fully saturated rings. The first-order chi connectivity index (χ1) is 15.4. The Bertz CT molecular complexity index is 1020. The van der Waals surface area contributed by atoms with Gasteiger partial charge in [-0.2, -0.15) is 5.10 Å². The fourth-order valence-electron chi connectivity index (χ4n) is 8.27. The summed E-state index contributed by atoms with van der Waals surface area (Å²) in [7, 11) is 0. The SMILES string of the molecule is C[C@H]1[C@H](CC(=O)Cn2ncc(N[C@@H]3C[C@H]4C[C@@H]([C@H]3C)C4(C)C)c(Br)c2=O)C[C@H]2C[C@@H]1C2(C)C. The number of carbonyl (C=O) groups is 1. The van der Waals surface area contributed by atoms with Crippen LogP contribution >= 0.6 is 15.9 Å². The summed E-state index contributed by atoms with van der Waals surface area (Å²) in [5.41, 5.74) is 1.39. The maximum atomic E-state index is 13.0. The third kappa shape index (κ3) is 3.65. The van der Waals surface area contributed by atoms with Crippen LogP contribution in [0.3, 0.4) is 0 Å². The van der Waals surface area contributed by atoms with Crippen LogP contribution in [0.2, 0.25) is 0 Å². The number of rotatable bonds is 6. The summed E-state index contributed by atoms with van der Waals surface area (Å²) in [6, 6.07) is 0.361. The predicted molar refractivity (Wildman–Crippen MR) is 135 cm³/mol. The van der Waals surface area contributed by atoms with Gasteiger partial charge in [0.25, 0.3) is 5.56 Å². The second kappa shape index (κ2) is 7.93. The van der Waals surface area contributed by atoms with Gasteiger partial charge in [-0.05, 0) is 93.9 Å². The molecule has 0 spiro atoms. The number of Topliss-reactive ketones (excluding diaryl/α,β-unsaturated/α-hetero) is 1. The molecule has 7 rings (SSSR count). The molecule has 8 atom stereocenters. The third-order valence-electron chi connectivity index (χ3n) is 11.0. The number of hydrogen-bond acceptors (Lipinski definition) is 4. The van der Waals surface area contributed by atoms with Crippen molar-refractivity contribution in [2.45, 2.75) is 86.2 Å². The molecular formula is C27H40BrN3O2. The van der Waals surface area contributed by atoms with Gasteiger partial charge in [0.05, 0.1) is 11.9 Å². The number of hydrogen-bond donors (Lipinski definition) is 1. The summed E-state index contributed by atoms with van der Waals surface area (Å²) in [4.78, 5) is 25.9. The molecule has 4 bridgehead atoms. The highest BCUT2D eigenvalue weighted by Crippen LogP contribution is 2.63. The third-order valence-corrected chi connectivity index (χ3v) is 11.8. The Morgan fingerprint density at radius 1 is 1.06 bits per heavy atom. The molecule has 33 heavy (non-hydrogen) atoms. The van der Waals surface area contributed by atoms with E-state index in [4.69, 9.17) is 0 Å². The van der Waals surface area contributed by atoms with Crippen molar-refractivity contribution in [3.8, 4) is 0 Å². The summed E-state index contributed by atoms with van der Waals surface area (Å²) >= 11 is 3.50. The molecule has 6 saturated carbocycles. The van der Waals surface area contributed by atoms with Gasteiger partial charge in [0.2, 0.25) is 0 Å². The summed E-state index contributed by atoms with van der Waals surface area (Å²) in [5, 5.41) is 7.98. The van der Waals surface area contributed by atoms with E-state index in [0.29, 0.717) is 45.5 Å². The van der Waals surface area contributed by atoms with Crippen molar-refractivity contribution in [2.75, 3.05) is 5.32 Å². The molecule has 6 aliphatic rings. The molecule has 6 heteroatoms. The van der Waals surface area contributed by atoms with Gasteiger partial charge >= 0.3 is 0 Å². The minimum absolute atomic E-state index is 0.0673. The highest BCUT2D eigenvalue weighted by molar-refractivity contribution is 9.10. The van der Waals surface area contributed by atoms with Crippen LogP contribution in [0, 0.1) is 52.3 Å². The Kier molecular flexibility index (Phi) is 5.66. The lowest BCUT2D eigenvalue weighted by Gasteiger charge is -2.62. The normalized spacial score (nSPS) is 39.8. The standard InChI is InChI=1S/C27H40BrN3O2/c1-14-16(7-17-9-20(14)26(17,3)4)8-19(32)13-31-25(33)24(28)23(12-29-31)30-22-11-18-10-21(15(22)2)27(18,5)6/h12,14-18,20-22,30H,7-11,13H2,1-6H3/t14-,15+,16-,17-,18+,20-,21-,22+/m0/s1. The van der Waals surface area contributed by atoms with Crippen molar-refractivity contribution in [3.63, 3.8) is 0 Å². The highest BCUT2D eigenvalue weighted by atomic mass is 79.9. The van der Waals surface area contributed by atoms with Gasteiger partial charge in [-0.15, -0.1) is 0 Å². The van der Waals surface area contributed by atoms with Crippen LogP contribution in [0.25, 0.3) is 0 Å². The van der Waals surface area contributed by atoms with E-state index in [9.17, 15) is 9.59 Å². The molecule has 1 aromatic heterocycles. The lowest BCUT2D eigenvalue weighted by molar-refractivity contribution is -0.140. The second-order valence-corrected chi connectivity index (χ2v) is 13.8. The number of halogens is 1. The van der Waals surface area contributed by atoms with Crippen molar-refractivity contribution in [1.29, 1.82) is 0 Å². The smallest absolute Gasteiger partial charge is 0.283 e. The summed E-state index contributed by atoms with van der Waals surface area (Å²) < 4.78 is 1.82. The minimum atomic E-state index is -0.219. The number of aromatic nitrogens is 2. The van der Waals surface area contributed by atoms with Crippen LogP contribution in [0.4, 0.5) is 5.69 Å². The molecule has 0 saturated heterocycles. The molecule has 0 aromatic carbocycles. The number of nitrogens with one attached hydrogen (secondary N) is 1. The number of carbonyl (C=O) groups excluding carboxylic acids is 1. The molecule has 1 aromatic rings. The Balaban J connectivity index is 1.22. The van der Waals surface area contributed by atoms with Crippen LogP contribution in [-0.2, 0) is 11.3 Å². The highest BCUT2D eigenvalue weighted by Gasteiger charge is 2.57. The lowest BCUT2D eigenvalue weighted by Crippen LogP contribution is -2.58. The number of fused-ring (bicyclic) bond motifs is 4. The molecule has 0 unspecified atom stereocenters. The number of ketones is 1. The predicted octanol–water partition coefficient (Wildman–Crippen LogP) is 5.77. The molecule has 0 aliphatic heterocycles.